The predicted molar refractivity (Wildman–Crippen MR) is 54.5 cm³/mol. The topological polar surface area (TPSA) is 72.8 Å². The van der Waals surface area contributed by atoms with Gasteiger partial charge in [-0.05, 0) is 18.2 Å². The van der Waals surface area contributed by atoms with Crippen LogP contribution in [0.1, 0.15) is 5.56 Å². The number of hydrogen-bond donors (Lipinski definition) is 1. The highest BCUT2D eigenvalue weighted by Gasteiger charge is 2.48. The fourth-order valence-corrected chi connectivity index (χ4v) is 1.55. The predicted octanol–water partition coefficient (Wildman–Crippen LogP) is 1.42. The van der Waals surface area contributed by atoms with E-state index >= 15 is 0 Å². The van der Waals surface area contributed by atoms with E-state index in [4.69, 9.17) is 9.84 Å². The first-order valence-corrected chi connectivity index (χ1v) is 5.90. The number of rotatable bonds is 4. The zero-order valence-electron chi connectivity index (χ0n) is 9.06. The molecule has 0 amide bonds. The maximum atomic E-state index is 12.1. The fraction of sp³-hybridized carbons (Fsp3) is 0.333. The number of halogens is 3. The van der Waals surface area contributed by atoms with E-state index in [-0.39, 0.29) is 11.3 Å². The normalized spacial score (nSPS) is 12.3. The maximum absolute atomic E-state index is 12.1. The van der Waals surface area contributed by atoms with E-state index < -0.39 is 28.0 Å². The minimum atomic E-state index is -5.75. The molecule has 1 aromatic rings. The van der Waals surface area contributed by atoms with Crippen molar-refractivity contribution in [2.24, 2.45) is 0 Å². The second-order valence-electron chi connectivity index (χ2n) is 3.11. The first-order valence-electron chi connectivity index (χ1n) is 4.50. The molecule has 18 heavy (non-hydrogen) atoms. The summed E-state index contributed by atoms with van der Waals surface area (Å²) in [6.07, 6.45) is 0. The summed E-state index contributed by atoms with van der Waals surface area (Å²) in [7, 11) is -4.45. The second kappa shape index (κ2) is 5.02. The molecule has 1 rings (SSSR count). The van der Waals surface area contributed by atoms with Gasteiger partial charge < -0.3 is 14.0 Å². The summed E-state index contributed by atoms with van der Waals surface area (Å²) >= 11 is 0. The Morgan fingerprint density at radius 2 is 1.94 bits per heavy atom. The van der Waals surface area contributed by atoms with Gasteiger partial charge >= 0.3 is 15.6 Å². The molecule has 0 fully saturated rings. The lowest BCUT2D eigenvalue weighted by molar-refractivity contribution is -0.0500. The van der Waals surface area contributed by atoms with Crippen LogP contribution in [0.3, 0.4) is 0 Å². The van der Waals surface area contributed by atoms with Gasteiger partial charge in [0.1, 0.15) is 11.5 Å². The van der Waals surface area contributed by atoms with Crippen molar-refractivity contribution in [2.45, 2.75) is 12.1 Å². The molecular formula is C9H9F3O5S. The van der Waals surface area contributed by atoms with Crippen LogP contribution in [0.5, 0.6) is 11.5 Å². The van der Waals surface area contributed by atoms with Gasteiger partial charge in [-0.1, -0.05) is 0 Å². The summed E-state index contributed by atoms with van der Waals surface area (Å²) in [5, 5.41) is 8.93. The lowest BCUT2D eigenvalue weighted by Gasteiger charge is -2.12. The Bertz CT molecular complexity index is 523. The lowest BCUT2D eigenvalue weighted by atomic mass is 10.2. The van der Waals surface area contributed by atoms with Crippen molar-refractivity contribution < 1.29 is 35.6 Å². The molecule has 9 heteroatoms. The minimum Gasteiger partial charge on any atom is -0.497 e. The third-order valence-electron chi connectivity index (χ3n) is 1.92. The molecule has 5 nitrogen and oxygen atoms in total. The van der Waals surface area contributed by atoms with Gasteiger partial charge in [0.2, 0.25) is 0 Å². The Hall–Kier alpha value is -1.48. The summed E-state index contributed by atoms with van der Waals surface area (Å²) in [6, 6.07) is 3.34. The van der Waals surface area contributed by atoms with E-state index in [1.807, 2.05) is 0 Å². The summed E-state index contributed by atoms with van der Waals surface area (Å²) < 4.78 is 66.6. The number of ether oxygens (including phenoxy) is 1. The molecule has 0 atom stereocenters. The van der Waals surface area contributed by atoms with Crippen molar-refractivity contribution >= 4 is 10.1 Å². The number of aliphatic hydroxyl groups is 1. The second-order valence-corrected chi connectivity index (χ2v) is 4.65. The summed E-state index contributed by atoms with van der Waals surface area (Å²) in [6.45, 7) is -0.695. The Kier molecular flexibility index (Phi) is 4.07. The van der Waals surface area contributed by atoms with Gasteiger partial charge in [0.25, 0.3) is 0 Å². The molecule has 0 aromatic heterocycles. The summed E-state index contributed by atoms with van der Waals surface area (Å²) in [4.78, 5) is 0. The maximum Gasteiger partial charge on any atom is 0.534 e. The Labute approximate surface area is 101 Å². The van der Waals surface area contributed by atoms with Gasteiger partial charge in [-0.3, -0.25) is 0 Å². The van der Waals surface area contributed by atoms with Crippen molar-refractivity contribution in [1.82, 2.24) is 0 Å². The van der Waals surface area contributed by atoms with Gasteiger partial charge in [0.05, 0.1) is 13.7 Å². The molecule has 102 valence electrons. The molecule has 1 aromatic carbocycles. The highest BCUT2D eigenvalue weighted by molar-refractivity contribution is 7.88. The van der Waals surface area contributed by atoms with Crippen LogP contribution in [0.15, 0.2) is 18.2 Å². The molecule has 0 unspecified atom stereocenters. The van der Waals surface area contributed by atoms with Crippen LogP contribution < -0.4 is 8.92 Å². The first-order chi connectivity index (χ1) is 8.21. The number of alkyl halides is 3. The van der Waals surface area contributed by atoms with E-state index in [0.717, 1.165) is 6.07 Å². The van der Waals surface area contributed by atoms with Crippen LogP contribution in [-0.2, 0) is 16.7 Å². The van der Waals surface area contributed by atoms with Crippen LogP contribution >= 0.6 is 0 Å². The fourth-order valence-electron chi connectivity index (χ4n) is 1.05. The van der Waals surface area contributed by atoms with Crippen LogP contribution in [-0.4, -0.2) is 26.1 Å². The Morgan fingerprint density at radius 3 is 2.39 bits per heavy atom. The number of methoxy groups -OCH3 is 1. The van der Waals surface area contributed by atoms with Crippen LogP contribution in [0.25, 0.3) is 0 Å². The molecule has 0 saturated heterocycles. The monoisotopic (exact) mass is 286 g/mol. The molecule has 1 N–H and O–H groups in total. The molecule has 0 radical (unpaired) electrons. The van der Waals surface area contributed by atoms with Crippen LogP contribution in [0.2, 0.25) is 0 Å². The van der Waals surface area contributed by atoms with Crippen molar-refractivity contribution in [3.63, 3.8) is 0 Å². The Morgan fingerprint density at radius 1 is 1.33 bits per heavy atom. The first kappa shape index (κ1) is 14.6. The Balaban J connectivity index is 3.13. The molecule has 0 aliphatic heterocycles. The van der Waals surface area contributed by atoms with Crippen molar-refractivity contribution in [3.8, 4) is 11.5 Å². The average molecular weight is 286 g/mol. The minimum absolute atomic E-state index is 0.137. The third kappa shape index (κ3) is 3.05. The third-order valence-corrected chi connectivity index (χ3v) is 2.89. The summed E-state index contributed by atoms with van der Waals surface area (Å²) in [5.74, 6) is -0.355. The zero-order valence-corrected chi connectivity index (χ0v) is 9.88. The quantitative estimate of drug-likeness (QED) is 0.669. The molecule has 0 aliphatic rings. The molecule has 0 spiro atoms. The van der Waals surface area contributed by atoms with Gasteiger partial charge in [-0.2, -0.15) is 21.6 Å². The van der Waals surface area contributed by atoms with Crippen molar-refractivity contribution in [1.29, 1.82) is 0 Å². The SMILES string of the molecule is COc1ccc(OS(=O)(=O)C(F)(F)F)c(CO)c1. The number of benzene rings is 1. The van der Waals surface area contributed by atoms with E-state index in [1.54, 1.807) is 0 Å². The van der Waals surface area contributed by atoms with Gasteiger partial charge in [0, 0.05) is 5.56 Å². The van der Waals surface area contributed by atoms with E-state index in [0.29, 0.717) is 0 Å². The molecular weight excluding hydrogens is 277 g/mol. The van der Waals surface area contributed by atoms with E-state index in [1.165, 1.54) is 19.2 Å². The van der Waals surface area contributed by atoms with Gasteiger partial charge in [-0.15, -0.1) is 0 Å². The van der Waals surface area contributed by atoms with Gasteiger partial charge in [0.15, 0.2) is 0 Å². The standard InChI is InChI=1S/C9H9F3O5S/c1-16-7-2-3-8(6(4-7)5-13)17-18(14,15)9(10,11)12/h2-4,13H,5H2,1H3. The smallest absolute Gasteiger partial charge is 0.497 e. The zero-order chi connectivity index (χ0) is 14.0. The van der Waals surface area contributed by atoms with Crippen molar-refractivity contribution in [3.05, 3.63) is 23.8 Å². The van der Waals surface area contributed by atoms with E-state index in [2.05, 4.69) is 4.18 Å². The summed E-state index contributed by atoms with van der Waals surface area (Å²) in [5.41, 5.74) is -5.66. The molecule has 0 heterocycles. The lowest BCUT2D eigenvalue weighted by Crippen LogP contribution is -2.28. The molecule has 0 aliphatic carbocycles. The highest BCUT2D eigenvalue weighted by Crippen LogP contribution is 2.30. The average Bonchev–Trinajstić information content (AvgIpc) is 2.27. The van der Waals surface area contributed by atoms with Crippen molar-refractivity contribution in [2.75, 3.05) is 7.11 Å². The highest BCUT2D eigenvalue weighted by atomic mass is 32.2. The molecule has 0 bridgehead atoms. The molecule has 0 saturated carbocycles. The van der Waals surface area contributed by atoms with Gasteiger partial charge in [-0.25, -0.2) is 0 Å². The van der Waals surface area contributed by atoms with Crippen LogP contribution in [0.4, 0.5) is 13.2 Å². The number of aliphatic hydroxyl groups excluding tert-OH is 1. The largest absolute Gasteiger partial charge is 0.534 e. The van der Waals surface area contributed by atoms with Crippen LogP contribution in [0, 0.1) is 0 Å². The van der Waals surface area contributed by atoms with E-state index in [9.17, 15) is 21.6 Å². The number of hydrogen-bond acceptors (Lipinski definition) is 5.